The molecule has 1 aromatic rings. The van der Waals surface area contributed by atoms with Gasteiger partial charge in [-0.1, -0.05) is 0 Å². The van der Waals surface area contributed by atoms with Crippen LogP contribution in [-0.2, 0) is 11.2 Å². The van der Waals surface area contributed by atoms with Gasteiger partial charge in [0.1, 0.15) is 17.1 Å². The fourth-order valence-corrected chi connectivity index (χ4v) is 2.72. The first-order valence-electron chi connectivity index (χ1n) is 7.41. The maximum Gasteiger partial charge on any atom is 0.342 e. The van der Waals surface area contributed by atoms with Gasteiger partial charge in [0.15, 0.2) is 0 Å². The molecule has 0 saturated carbocycles. The highest BCUT2D eigenvalue weighted by atomic mass is 16.5. The third-order valence-electron chi connectivity index (χ3n) is 3.83. The Bertz CT molecular complexity index is 512. The third-order valence-corrected chi connectivity index (χ3v) is 3.83. The molecule has 3 N–H and O–H groups in total. The number of carbonyl (C=O) groups excluding carboxylic acids is 1. The van der Waals surface area contributed by atoms with Crippen molar-refractivity contribution in [2.45, 2.75) is 57.7 Å². The minimum absolute atomic E-state index is 0.0836. The van der Waals surface area contributed by atoms with Crippen LogP contribution in [0.2, 0.25) is 0 Å². The van der Waals surface area contributed by atoms with E-state index >= 15 is 0 Å². The lowest BCUT2D eigenvalue weighted by molar-refractivity contribution is 0.0304. The van der Waals surface area contributed by atoms with Crippen molar-refractivity contribution in [3.8, 4) is 11.5 Å². The summed E-state index contributed by atoms with van der Waals surface area (Å²) >= 11 is 0. The number of aromatic hydroxyl groups is 2. The maximum absolute atomic E-state index is 12.2. The fraction of sp³-hybridized carbons (Fsp3) is 0.562. The zero-order valence-corrected chi connectivity index (χ0v) is 12.2. The van der Waals surface area contributed by atoms with Crippen molar-refractivity contribution in [3.63, 3.8) is 0 Å². The summed E-state index contributed by atoms with van der Waals surface area (Å²) in [6.45, 7) is 1.80. The lowest BCUT2D eigenvalue weighted by Gasteiger charge is -2.19. The molecule has 1 aliphatic heterocycles. The summed E-state index contributed by atoms with van der Waals surface area (Å²) < 4.78 is 5.34. The topological polar surface area (TPSA) is 87.0 Å². The number of esters is 1. The zero-order valence-electron chi connectivity index (χ0n) is 12.2. The maximum atomic E-state index is 12.2. The number of ether oxygens (including phenoxy) is 1. The highest BCUT2D eigenvalue weighted by Crippen LogP contribution is 2.30. The summed E-state index contributed by atoms with van der Waals surface area (Å²) in [6, 6.07) is 2.62. The molecule has 0 aromatic heterocycles. The van der Waals surface area contributed by atoms with E-state index in [9.17, 15) is 20.1 Å². The molecule has 0 amide bonds. The van der Waals surface area contributed by atoms with Crippen molar-refractivity contribution in [1.29, 1.82) is 0 Å². The van der Waals surface area contributed by atoms with Crippen LogP contribution in [0.15, 0.2) is 12.1 Å². The monoisotopic (exact) mass is 294 g/mol. The van der Waals surface area contributed by atoms with Gasteiger partial charge in [0, 0.05) is 6.07 Å². The number of phenolic OH excluding ortho intramolecular Hbond substituents is 2. The number of benzene rings is 1. The molecule has 0 radical (unpaired) electrons. The van der Waals surface area contributed by atoms with Crippen LogP contribution >= 0.6 is 0 Å². The lowest BCUT2D eigenvalue weighted by Crippen LogP contribution is -2.18. The quantitative estimate of drug-likeness (QED) is 0.640. The van der Waals surface area contributed by atoms with Crippen molar-refractivity contribution in [2.75, 3.05) is 0 Å². The van der Waals surface area contributed by atoms with Crippen LogP contribution in [0.1, 0.15) is 54.9 Å². The molecule has 21 heavy (non-hydrogen) atoms. The molecule has 2 rings (SSSR count). The average Bonchev–Trinajstić information content (AvgIpc) is 2.36. The summed E-state index contributed by atoms with van der Waals surface area (Å²) in [5.41, 5.74) is 0.673. The molecule has 116 valence electrons. The fourth-order valence-electron chi connectivity index (χ4n) is 2.72. The highest BCUT2D eigenvalue weighted by molar-refractivity contribution is 5.94. The molecule has 1 heterocycles. The summed E-state index contributed by atoms with van der Waals surface area (Å²) in [5.74, 6) is -0.907. The average molecular weight is 294 g/mol. The number of fused-ring (bicyclic) bond motifs is 1. The summed E-state index contributed by atoms with van der Waals surface area (Å²) in [6.07, 6.45) is 3.35. The minimum atomic E-state index is -0.559. The SMILES string of the molecule is CC1CCCC(O)CCCc2cc(O)cc(O)c2C(=O)O1. The Balaban J connectivity index is 2.31. The van der Waals surface area contributed by atoms with Crippen molar-refractivity contribution in [2.24, 2.45) is 0 Å². The Kier molecular flexibility index (Phi) is 5.07. The Morgan fingerprint density at radius 3 is 2.62 bits per heavy atom. The molecule has 0 fully saturated rings. The number of hydrogen-bond acceptors (Lipinski definition) is 5. The molecule has 2 unspecified atom stereocenters. The first-order chi connectivity index (χ1) is 9.97. The van der Waals surface area contributed by atoms with E-state index in [1.54, 1.807) is 6.92 Å². The van der Waals surface area contributed by atoms with Gasteiger partial charge in [0.2, 0.25) is 0 Å². The predicted molar refractivity (Wildman–Crippen MR) is 77.4 cm³/mol. The van der Waals surface area contributed by atoms with Crippen LogP contribution < -0.4 is 0 Å². The van der Waals surface area contributed by atoms with Gasteiger partial charge in [0.25, 0.3) is 0 Å². The van der Waals surface area contributed by atoms with Crippen LogP contribution in [-0.4, -0.2) is 33.5 Å². The number of aryl methyl sites for hydroxylation is 1. The number of hydrogen-bond donors (Lipinski definition) is 3. The van der Waals surface area contributed by atoms with Crippen LogP contribution in [0.3, 0.4) is 0 Å². The largest absolute Gasteiger partial charge is 0.508 e. The van der Waals surface area contributed by atoms with E-state index in [2.05, 4.69) is 0 Å². The van der Waals surface area contributed by atoms with E-state index in [4.69, 9.17) is 4.74 Å². The van der Waals surface area contributed by atoms with Crippen molar-refractivity contribution in [3.05, 3.63) is 23.3 Å². The van der Waals surface area contributed by atoms with E-state index in [-0.39, 0.29) is 29.3 Å². The van der Waals surface area contributed by atoms with Gasteiger partial charge in [0.05, 0.1) is 12.2 Å². The van der Waals surface area contributed by atoms with Crippen LogP contribution in [0.4, 0.5) is 0 Å². The van der Waals surface area contributed by atoms with Gasteiger partial charge >= 0.3 is 5.97 Å². The molecular weight excluding hydrogens is 272 g/mol. The second-order valence-corrected chi connectivity index (χ2v) is 5.69. The highest BCUT2D eigenvalue weighted by Gasteiger charge is 2.22. The summed E-state index contributed by atoms with van der Waals surface area (Å²) in [4.78, 5) is 12.2. The normalized spacial score (nSPS) is 24.4. The second-order valence-electron chi connectivity index (χ2n) is 5.69. The number of cyclic esters (lactones) is 1. The molecule has 0 aliphatic carbocycles. The Labute approximate surface area is 124 Å². The smallest absolute Gasteiger partial charge is 0.342 e. The molecule has 2 atom stereocenters. The molecule has 0 spiro atoms. The van der Waals surface area contributed by atoms with Crippen molar-refractivity contribution in [1.82, 2.24) is 0 Å². The van der Waals surface area contributed by atoms with Crippen molar-refractivity contribution < 1.29 is 24.9 Å². The Morgan fingerprint density at radius 2 is 1.86 bits per heavy atom. The molecule has 0 saturated heterocycles. The zero-order chi connectivity index (χ0) is 15.4. The first kappa shape index (κ1) is 15.6. The molecule has 1 aliphatic rings. The number of aliphatic hydroxyl groups excluding tert-OH is 1. The van der Waals surface area contributed by atoms with Crippen LogP contribution in [0, 0.1) is 0 Å². The first-order valence-corrected chi connectivity index (χ1v) is 7.41. The Morgan fingerprint density at radius 1 is 1.14 bits per heavy atom. The van der Waals surface area contributed by atoms with Gasteiger partial charge in [-0.2, -0.15) is 0 Å². The Hall–Kier alpha value is -1.75. The number of rotatable bonds is 0. The molecule has 1 aromatic carbocycles. The van der Waals surface area contributed by atoms with Gasteiger partial charge in [-0.25, -0.2) is 4.79 Å². The van der Waals surface area contributed by atoms with E-state index in [0.29, 0.717) is 37.7 Å². The minimum Gasteiger partial charge on any atom is -0.508 e. The lowest BCUT2D eigenvalue weighted by atomic mass is 9.97. The van der Waals surface area contributed by atoms with Gasteiger partial charge in [-0.15, -0.1) is 0 Å². The van der Waals surface area contributed by atoms with Gasteiger partial charge < -0.3 is 20.1 Å². The summed E-state index contributed by atoms with van der Waals surface area (Å²) in [7, 11) is 0. The van der Waals surface area contributed by atoms with E-state index in [0.717, 1.165) is 12.5 Å². The second kappa shape index (κ2) is 6.80. The third kappa shape index (κ3) is 4.11. The molecular formula is C16H22O5. The van der Waals surface area contributed by atoms with E-state index in [1.165, 1.54) is 6.07 Å². The standard InChI is InChI=1S/C16H22O5/c1-10-4-2-6-12(17)7-3-5-11-8-13(18)9-14(19)15(11)16(20)21-10/h8-10,12,17-19H,2-7H2,1H3. The van der Waals surface area contributed by atoms with Gasteiger partial charge in [-0.05, 0) is 57.1 Å². The van der Waals surface area contributed by atoms with Crippen molar-refractivity contribution >= 4 is 5.97 Å². The molecule has 5 nitrogen and oxygen atoms in total. The number of phenols is 2. The predicted octanol–water partition coefficient (Wildman–Crippen LogP) is 2.51. The molecule has 5 heteroatoms. The number of carbonyl (C=O) groups is 1. The summed E-state index contributed by atoms with van der Waals surface area (Å²) in [5, 5.41) is 29.4. The van der Waals surface area contributed by atoms with Crippen LogP contribution in [0.5, 0.6) is 11.5 Å². The number of aliphatic hydroxyl groups is 1. The van der Waals surface area contributed by atoms with E-state index < -0.39 is 5.97 Å². The van der Waals surface area contributed by atoms with Crippen LogP contribution in [0.25, 0.3) is 0 Å². The van der Waals surface area contributed by atoms with Gasteiger partial charge in [-0.3, -0.25) is 0 Å². The van der Waals surface area contributed by atoms with E-state index in [1.807, 2.05) is 0 Å². The molecule has 0 bridgehead atoms.